The second-order valence-electron chi connectivity index (χ2n) is 10.3. The molecule has 4 aromatic rings. The fourth-order valence-corrected chi connectivity index (χ4v) is 6.25. The number of hydrogen-bond donors (Lipinski definition) is 1. The lowest BCUT2D eigenvalue weighted by Gasteiger charge is -2.46. The zero-order valence-electron chi connectivity index (χ0n) is 22.8. The van der Waals surface area contributed by atoms with Crippen LogP contribution in [0.1, 0.15) is 22.7 Å². The molecule has 2 fully saturated rings. The van der Waals surface area contributed by atoms with Crippen molar-refractivity contribution in [3.8, 4) is 0 Å². The number of carbonyl (C=O) groups excluding carboxylic acids is 3. The van der Waals surface area contributed by atoms with Crippen LogP contribution in [0.2, 0.25) is 10.0 Å². The minimum Gasteiger partial charge on any atom is -0.333 e. The molecule has 0 unspecified atom stereocenters. The quantitative estimate of drug-likeness (QED) is 0.341. The number of nitrogens with zero attached hydrogens (tertiary/aromatic N) is 5. The number of carbonyl (C=O) groups is 3. The molecule has 0 radical (unpaired) electrons. The monoisotopic (exact) mass is 602 g/mol. The van der Waals surface area contributed by atoms with Crippen LogP contribution < -0.4 is 5.32 Å². The third-order valence-electron chi connectivity index (χ3n) is 7.78. The summed E-state index contributed by atoms with van der Waals surface area (Å²) in [7, 11) is 1.63. The predicted octanol–water partition coefficient (Wildman–Crippen LogP) is 4.85. The number of nitrogens with one attached hydrogen (secondary N) is 1. The molecule has 214 valence electrons. The molecule has 11 heteroatoms. The summed E-state index contributed by atoms with van der Waals surface area (Å²) in [5.41, 5.74) is 2.92. The van der Waals surface area contributed by atoms with Gasteiger partial charge >= 0.3 is 6.03 Å². The zero-order valence-corrected chi connectivity index (χ0v) is 24.3. The standard InChI is InChI=1S/C31H28Cl2N6O3/c1-36(31(42)35-16-20-9-4-2-5-10-20)38-19-27(40)39-26(38)18-37(30(41)29(39)21-11-6-3-7-12-21)17-23-25(33)15-24(32)22-13-8-14-34-28(22)23/h2-15,26,29H,16-19H2,1H3,(H,35,42)/t26-,29+/m1/s1. The molecular formula is C31H28Cl2N6O3. The van der Waals surface area contributed by atoms with E-state index in [0.29, 0.717) is 33.2 Å². The average Bonchev–Trinajstić information content (AvgIpc) is 3.34. The van der Waals surface area contributed by atoms with Gasteiger partial charge in [-0.25, -0.2) is 4.79 Å². The minimum atomic E-state index is -0.867. The summed E-state index contributed by atoms with van der Waals surface area (Å²) in [6, 6.07) is 22.9. The van der Waals surface area contributed by atoms with Crippen LogP contribution in [0.4, 0.5) is 4.79 Å². The Kier molecular flexibility index (Phi) is 7.72. The molecule has 0 aliphatic carbocycles. The molecule has 2 atom stereocenters. The Bertz CT molecular complexity index is 1660. The van der Waals surface area contributed by atoms with Crippen molar-refractivity contribution in [2.45, 2.75) is 25.3 Å². The van der Waals surface area contributed by atoms with Crippen LogP contribution >= 0.6 is 23.2 Å². The maximum absolute atomic E-state index is 14.1. The lowest BCUT2D eigenvalue weighted by atomic mass is 9.99. The predicted molar refractivity (Wildman–Crippen MR) is 160 cm³/mol. The van der Waals surface area contributed by atoms with E-state index in [1.165, 1.54) is 5.01 Å². The maximum atomic E-state index is 14.1. The summed E-state index contributed by atoms with van der Waals surface area (Å²) < 4.78 is 0. The molecule has 4 amide bonds. The van der Waals surface area contributed by atoms with Gasteiger partial charge in [-0.05, 0) is 29.3 Å². The van der Waals surface area contributed by atoms with Crippen molar-refractivity contribution in [1.82, 2.24) is 30.1 Å². The van der Waals surface area contributed by atoms with Gasteiger partial charge in [0.05, 0.1) is 23.6 Å². The van der Waals surface area contributed by atoms with Crippen LogP contribution in [0, 0.1) is 0 Å². The third kappa shape index (κ3) is 5.15. The lowest BCUT2D eigenvalue weighted by molar-refractivity contribution is -0.157. The number of piperazine rings is 1. The molecule has 0 spiro atoms. The highest BCUT2D eigenvalue weighted by atomic mass is 35.5. The van der Waals surface area contributed by atoms with Crippen LogP contribution in [0.25, 0.3) is 10.9 Å². The van der Waals surface area contributed by atoms with E-state index in [1.54, 1.807) is 40.2 Å². The van der Waals surface area contributed by atoms with Crippen molar-refractivity contribution in [3.63, 3.8) is 0 Å². The Morgan fingerprint density at radius 1 is 1.00 bits per heavy atom. The van der Waals surface area contributed by atoms with Gasteiger partial charge in [-0.2, -0.15) is 5.01 Å². The lowest BCUT2D eigenvalue weighted by Crippen LogP contribution is -2.62. The number of rotatable bonds is 6. The maximum Gasteiger partial charge on any atom is 0.332 e. The molecule has 2 aliphatic rings. The van der Waals surface area contributed by atoms with Gasteiger partial charge in [0.25, 0.3) is 5.91 Å². The van der Waals surface area contributed by atoms with Crippen LogP contribution in [-0.2, 0) is 22.7 Å². The molecule has 0 saturated carbocycles. The number of pyridine rings is 1. The van der Waals surface area contributed by atoms with Crippen LogP contribution in [-0.4, -0.2) is 69.0 Å². The Balaban J connectivity index is 1.33. The molecule has 1 N–H and O–H groups in total. The summed E-state index contributed by atoms with van der Waals surface area (Å²) in [5, 5.41) is 7.65. The molecule has 9 nitrogen and oxygen atoms in total. The normalized spacial score (nSPS) is 18.8. The van der Waals surface area contributed by atoms with E-state index in [1.807, 2.05) is 66.7 Å². The van der Waals surface area contributed by atoms with Gasteiger partial charge in [0.15, 0.2) is 0 Å². The summed E-state index contributed by atoms with van der Waals surface area (Å²) in [6.07, 6.45) is 1.07. The van der Waals surface area contributed by atoms with Crippen molar-refractivity contribution >= 4 is 52.0 Å². The van der Waals surface area contributed by atoms with Crippen LogP contribution in [0.5, 0.6) is 0 Å². The van der Waals surface area contributed by atoms with E-state index in [0.717, 1.165) is 10.9 Å². The van der Waals surface area contributed by atoms with Gasteiger partial charge in [-0.3, -0.25) is 19.6 Å². The van der Waals surface area contributed by atoms with Crippen LogP contribution in [0.3, 0.4) is 0 Å². The van der Waals surface area contributed by atoms with Gasteiger partial charge in [0.2, 0.25) is 5.91 Å². The van der Waals surface area contributed by atoms with Crippen LogP contribution in [0.15, 0.2) is 85.1 Å². The van der Waals surface area contributed by atoms with Gasteiger partial charge in [0, 0.05) is 42.3 Å². The third-order valence-corrected chi connectivity index (χ3v) is 8.43. The Morgan fingerprint density at radius 2 is 1.71 bits per heavy atom. The summed E-state index contributed by atoms with van der Waals surface area (Å²) in [4.78, 5) is 48.6. The highest BCUT2D eigenvalue weighted by Gasteiger charge is 2.52. The first-order chi connectivity index (χ1) is 20.3. The van der Waals surface area contributed by atoms with Crippen molar-refractivity contribution in [2.75, 3.05) is 20.1 Å². The topological polar surface area (TPSA) is 89.1 Å². The van der Waals surface area contributed by atoms with Crippen molar-refractivity contribution in [2.24, 2.45) is 0 Å². The van der Waals surface area contributed by atoms with E-state index < -0.39 is 12.2 Å². The highest BCUT2D eigenvalue weighted by molar-refractivity contribution is 6.39. The molecule has 3 heterocycles. The van der Waals surface area contributed by atoms with E-state index >= 15 is 0 Å². The largest absolute Gasteiger partial charge is 0.333 e. The number of hydrazine groups is 1. The number of aromatic nitrogens is 1. The molecule has 2 saturated heterocycles. The van der Waals surface area contributed by atoms with Crippen molar-refractivity contribution in [3.05, 3.63) is 112 Å². The van der Waals surface area contributed by atoms with Crippen molar-refractivity contribution < 1.29 is 14.4 Å². The summed E-state index contributed by atoms with van der Waals surface area (Å²) >= 11 is 13.1. The number of fused-ring (bicyclic) bond motifs is 2. The highest BCUT2D eigenvalue weighted by Crippen LogP contribution is 2.38. The molecule has 2 aliphatic heterocycles. The van der Waals surface area contributed by atoms with E-state index in [-0.39, 0.29) is 37.5 Å². The first kappa shape index (κ1) is 28.0. The Hall–Kier alpha value is -4.18. The molecular weight excluding hydrogens is 575 g/mol. The van der Waals surface area contributed by atoms with Gasteiger partial charge < -0.3 is 15.1 Å². The number of halogens is 2. The number of hydrogen-bond acceptors (Lipinski definition) is 5. The smallest absolute Gasteiger partial charge is 0.332 e. The molecule has 0 bridgehead atoms. The van der Waals surface area contributed by atoms with Gasteiger partial charge in [0.1, 0.15) is 12.2 Å². The number of urea groups is 1. The number of benzene rings is 3. The average molecular weight is 604 g/mol. The second kappa shape index (κ2) is 11.6. The first-order valence-electron chi connectivity index (χ1n) is 13.5. The van der Waals surface area contributed by atoms with Gasteiger partial charge in [-0.15, -0.1) is 0 Å². The fraction of sp³-hybridized carbons (Fsp3) is 0.226. The second-order valence-corrected chi connectivity index (χ2v) is 11.1. The first-order valence-corrected chi connectivity index (χ1v) is 14.3. The van der Waals surface area contributed by atoms with Gasteiger partial charge in [-0.1, -0.05) is 83.9 Å². The summed E-state index contributed by atoms with van der Waals surface area (Å²) in [6.45, 7) is 0.614. The SMILES string of the molecule is CN(C(=O)NCc1ccccc1)N1CC(=O)N2[C@@H](c3ccccc3)C(=O)N(Cc3c(Cl)cc(Cl)c4cccnc34)C[C@@H]21. The molecule has 42 heavy (non-hydrogen) atoms. The van der Waals surface area contributed by atoms with E-state index in [9.17, 15) is 14.4 Å². The van der Waals surface area contributed by atoms with E-state index in [2.05, 4.69) is 10.3 Å². The molecule has 3 aromatic carbocycles. The Morgan fingerprint density at radius 3 is 2.45 bits per heavy atom. The fourth-order valence-electron chi connectivity index (χ4n) is 5.67. The number of amides is 4. The Labute approximate surface area is 253 Å². The minimum absolute atomic E-state index is 0.0451. The van der Waals surface area contributed by atoms with Crippen molar-refractivity contribution in [1.29, 1.82) is 0 Å². The van der Waals surface area contributed by atoms with E-state index in [4.69, 9.17) is 23.2 Å². The molecule has 1 aromatic heterocycles. The zero-order chi connectivity index (χ0) is 29.4. The summed E-state index contributed by atoms with van der Waals surface area (Å²) in [5.74, 6) is -0.472. The molecule has 6 rings (SSSR count).